The Balaban J connectivity index is 1.37. The second-order valence-corrected chi connectivity index (χ2v) is 6.93. The zero-order valence-corrected chi connectivity index (χ0v) is 17.3. The molecule has 0 aliphatic heterocycles. The Hall–Kier alpha value is -3.84. The van der Waals surface area contributed by atoms with E-state index in [2.05, 4.69) is 15.5 Å². The number of halogens is 1. The van der Waals surface area contributed by atoms with Crippen molar-refractivity contribution in [3.05, 3.63) is 77.8 Å². The van der Waals surface area contributed by atoms with Crippen LogP contribution in [-0.4, -0.2) is 29.8 Å². The van der Waals surface area contributed by atoms with E-state index in [0.717, 1.165) is 11.1 Å². The van der Waals surface area contributed by atoms with Crippen LogP contribution in [0, 0.1) is 0 Å². The van der Waals surface area contributed by atoms with E-state index >= 15 is 0 Å². The minimum absolute atomic E-state index is 0.173. The molecule has 7 nitrogen and oxygen atoms in total. The molecule has 0 saturated heterocycles. The number of aromatic nitrogens is 2. The van der Waals surface area contributed by atoms with Gasteiger partial charge in [-0.15, -0.1) is 0 Å². The van der Waals surface area contributed by atoms with Gasteiger partial charge in [0, 0.05) is 16.1 Å². The summed E-state index contributed by atoms with van der Waals surface area (Å²) in [7, 11) is 1.52. The molecule has 0 aliphatic carbocycles. The summed E-state index contributed by atoms with van der Waals surface area (Å²) in [5, 5.41) is 7.23. The van der Waals surface area contributed by atoms with Gasteiger partial charge < -0.3 is 19.3 Å². The number of nitrogens with zero attached hydrogens (tertiary/aromatic N) is 2. The Labute approximate surface area is 183 Å². The Morgan fingerprint density at radius 1 is 1.03 bits per heavy atom. The van der Waals surface area contributed by atoms with Crippen molar-refractivity contribution in [3.63, 3.8) is 0 Å². The number of benzene rings is 3. The summed E-state index contributed by atoms with van der Waals surface area (Å²) in [6, 6.07) is 21.6. The smallest absolute Gasteiger partial charge is 0.262 e. The zero-order chi connectivity index (χ0) is 21.6. The first-order valence-electron chi connectivity index (χ1n) is 9.38. The average molecular weight is 436 g/mol. The van der Waals surface area contributed by atoms with Crippen LogP contribution in [0.5, 0.6) is 11.5 Å². The van der Waals surface area contributed by atoms with E-state index < -0.39 is 0 Å². The summed E-state index contributed by atoms with van der Waals surface area (Å²) in [5.74, 6) is 1.62. The van der Waals surface area contributed by atoms with Crippen LogP contribution >= 0.6 is 11.6 Å². The van der Waals surface area contributed by atoms with E-state index in [-0.39, 0.29) is 12.5 Å². The molecule has 3 aromatic carbocycles. The zero-order valence-electron chi connectivity index (χ0n) is 16.5. The normalized spacial score (nSPS) is 10.5. The largest absolute Gasteiger partial charge is 0.495 e. The fourth-order valence-electron chi connectivity index (χ4n) is 2.85. The molecular weight excluding hydrogens is 418 g/mol. The van der Waals surface area contributed by atoms with E-state index in [1.165, 1.54) is 7.11 Å². The Morgan fingerprint density at radius 3 is 2.55 bits per heavy atom. The molecule has 1 aromatic heterocycles. The van der Waals surface area contributed by atoms with E-state index in [9.17, 15) is 4.79 Å². The molecule has 0 aliphatic rings. The molecule has 0 unspecified atom stereocenters. The Morgan fingerprint density at radius 2 is 1.81 bits per heavy atom. The van der Waals surface area contributed by atoms with Crippen molar-refractivity contribution < 1.29 is 18.8 Å². The number of ether oxygens (including phenoxy) is 2. The first kappa shape index (κ1) is 20.4. The van der Waals surface area contributed by atoms with Crippen LogP contribution in [-0.2, 0) is 4.79 Å². The van der Waals surface area contributed by atoms with Gasteiger partial charge >= 0.3 is 0 Å². The average Bonchev–Trinajstić information content (AvgIpc) is 3.29. The first-order chi connectivity index (χ1) is 15.1. The van der Waals surface area contributed by atoms with Crippen molar-refractivity contribution in [2.75, 3.05) is 19.0 Å². The molecule has 8 heteroatoms. The van der Waals surface area contributed by atoms with Crippen LogP contribution in [0.3, 0.4) is 0 Å². The van der Waals surface area contributed by atoms with Gasteiger partial charge in [-0.2, -0.15) is 4.98 Å². The van der Waals surface area contributed by atoms with Crippen LogP contribution in [0.2, 0.25) is 5.02 Å². The second-order valence-electron chi connectivity index (χ2n) is 6.49. The molecule has 0 bridgehead atoms. The van der Waals surface area contributed by atoms with Gasteiger partial charge in [0.05, 0.1) is 12.8 Å². The molecule has 0 radical (unpaired) electrons. The number of rotatable bonds is 7. The lowest BCUT2D eigenvalue weighted by molar-refractivity contribution is -0.118. The number of carbonyl (C=O) groups excluding carboxylic acids is 1. The number of hydrogen-bond acceptors (Lipinski definition) is 6. The van der Waals surface area contributed by atoms with Crippen molar-refractivity contribution in [1.82, 2.24) is 10.1 Å². The Bertz CT molecular complexity index is 1180. The molecular formula is C23H18ClN3O4. The third-order valence-electron chi connectivity index (χ3n) is 4.36. The lowest BCUT2D eigenvalue weighted by Gasteiger charge is -2.11. The number of methoxy groups -OCH3 is 1. The van der Waals surface area contributed by atoms with Gasteiger partial charge in [-0.1, -0.05) is 47.1 Å². The lowest BCUT2D eigenvalue weighted by Crippen LogP contribution is -2.20. The minimum Gasteiger partial charge on any atom is -0.495 e. The molecule has 1 amide bonds. The minimum atomic E-state index is -0.339. The third-order valence-corrected chi connectivity index (χ3v) is 4.60. The molecule has 0 spiro atoms. The summed E-state index contributed by atoms with van der Waals surface area (Å²) in [6.07, 6.45) is 0. The van der Waals surface area contributed by atoms with Gasteiger partial charge in [-0.05, 0) is 42.5 Å². The van der Waals surface area contributed by atoms with Gasteiger partial charge in [0.2, 0.25) is 5.82 Å². The summed E-state index contributed by atoms with van der Waals surface area (Å²) >= 11 is 5.98. The van der Waals surface area contributed by atoms with Crippen molar-refractivity contribution in [2.45, 2.75) is 0 Å². The molecule has 4 aromatic rings. The third kappa shape index (κ3) is 5.02. The van der Waals surface area contributed by atoms with Gasteiger partial charge in [-0.3, -0.25) is 4.79 Å². The standard InChI is InChI=1S/C23H18ClN3O4/c1-29-20-12-9-17(24)13-19(20)25-21(28)14-30-18-10-7-16(8-11-18)23-26-22(27-31-23)15-5-3-2-4-6-15/h2-13H,14H2,1H3,(H,25,28). The van der Waals surface area contributed by atoms with Crippen molar-refractivity contribution in [3.8, 4) is 34.3 Å². The number of carbonyl (C=O) groups is 1. The van der Waals surface area contributed by atoms with Gasteiger partial charge in [0.1, 0.15) is 11.5 Å². The first-order valence-corrected chi connectivity index (χ1v) is 9.76. The number of amides is 1. The molecule has 156 valence electrons. The highest BCUT2D eigenvalue weighted by atomic mass is 35.5. The molecule has 31 heavy (non-hydrogen) atoms. The van der Waals surface area contributed by atoms with Crippen LogP contribution in [0.1, 0.15) is 0 Å². The monoisotopic (exact) mass is 435 g/mol. The van der Waals surface area contributed by atoms with Crippen LogP contribution < -0.4 is 14.8 Å². The van der Waals surface area contributed by atoms with Crippen molar-refractivity contribution in [2.24, 2.45) is 0 Å². The van der Waals surface area contributed by atoms with Crippen LogP contribution in [0.15, 0.2) is 77.3 Å². The highest BCUT2D eigenvalue weighted by Gasteiger charge is 2.12. The molecule has 0 saturated carbocycles. The predicted molar refractivity (Wildman–Crippen MR) is 117 cm³/mol. The fourth-order valence-corrected chi connectivity index (χ4v) is 3.02. The highest BCUT2D eigenvalue weighted by Crippen LogP contribution is 2.28. The molecule has 0 atom stereocenters. The quantitative estimate of drug-likeness (QED) is 0.435. The van der Waals surface area contributed by atoms with E-state index in [1.54, 1.807) is 42.5 Å². The van der Waals surface area contributed by atoms with E-state index in [0.29, 0.717) is 33.9 Å². The van der Waals surface area contributed by atoms with E-state index in [4.69, 9.17) is 25.6 Å². The molecule has 1 N–H and O–H groups in total. The maximum Gasteiger partial charge on any atom is 0.262 e. The summed E-state index contributed by atoms with van der Waals surface area (Å²) in [6.45, 7) is -0.173. The topological polar surface area (TPSA) is 86.5 Å². The maximum absolute atomic E-state index is 12.2. The molecule has 1 heterocycles. The fraction of sp³-hybridized carbons (Fsp3) is 0.0870. The molecule has 4 rings (SSSR count). The van der Waals surface area contributed by atoms with Gasteiger partial charge in [0.15, 0.2) is 6.61 Å². The summed E-state index contributed by atoms with van der Waals surface area (Å²) in [5.41, 5.74) is 2.10. The highest BCUT2D eigenvalue weighted by molar-refractivity contribution is 6.31. The maximum atomic E-state index is 12.2. The number of anilines is 1. The lowest BCUT2D eigenvalue weighted by atomic mass is 10.2. The van der Waals surface area contributed by atoms with Crippen LogP contribution in [0.25, 0.3) is 22.8 Å². The van der Waals surface area contributed by atoms with Crippen molar-refractivity contribution >= 4 is 23.2 Å². The van der Waals surface area contributed by atoms with Crippen molar-refractivity contribution in [1.29, 1.82) is 0 Å². The molecule has 0 fully saturated rings. The van der Waals surface area contributed by atoms with E-state index in [1.807, 2.05) is 30.3 Å². The second kappa shape index (κ2) is 9.32. The van der Waals surface area contributed by atoms with Gasteiger partial charge in [-0.25, -0.2) is 0 Å². The SMILES string of the molecule is COc1ccc(Cl)cc1NC(=O)COc1ccc(-c2nc(-c3ccccc3)no2)cc1. The van der Waals surface area contributed by atoms with Crippen LogP contribution in [0.4, 0.5) is 5.69 Å². The summed E-state index contributed by atoms with van der Waals surface area (Å²) in [4.78, 5) is 16.6. The van der Waals surface area contributed by atoms with Gasteiger partial charge in [0.25, 0.3) is 11.8 Å². The Kier molecular flexibility index (Phi) is 6.14. The predicted octanol–water partition coefficient (Wildman–Crippen LogP) is 5.08. The number of hydrogen-bond donors (Lipinski definition) is 1. The number of nitrogens with one attached hydrogen (secondary N) is 1. The summed E-state index contributed by atoms with van der Waals surface area (Å²) < 4.78 is 16.1.